The third kappa shape index (κ3) is 5.23. The number of thiocarbonyl (C=S) groups is 1. The number of hydrogen-bond acceptors (Lipinski definition) is 4. The molecular formula is C16H17N3O3S. The maximum Gasteiger partial charge on any atom is 0.270 e. The van der Waals surface area contributed by atoms with Crippen molar-refractivity contribution in [2.75, 3.05) is 6.54 Å². The minimum atomic E-state index is -0.501. The predicted molar refractivity (Wildman–Crippen MR) is 92.3 cm³/mol. The van der Waals surface area contributed by atoms with Crippen molar-refractivity contribution in [1.82, 2.24) is 10.6 Å². The van der Waals surface area contributed by atoms with Gasteiger partial charge >= 0.3 is 0 Å². The van der Waals surface area contributed by atoms with Gasteiger partial charge in [-0.25, -0.2) is 0 Å². The number of hydrogen-bond donors (Lipinski definition) is 3. The second kappa shape index (κ2) is 8.09. The van der Waals surface area contributed by atoms with Gasteiger partial charge in [-0.1, -0.05) is 30.3 Å². The largest absolute Gasteiger partial charge is 0.508 e. The van der Waals surface area contributed by atoms with Crippen LogP contribution in [0.2, 0.25) is 0 Å². The van der Waals surface area contributed by atoms with Gasteiger partial charge in [-0.3, -0.25) is 10.1 Å². The first-order valence-corrected chi connectivity index (χ1v) is 7.49. The Hall–Kier alpha value is -2.67. The fourth-order valence-electron chi connectivity index (χ4n) is 2.03. The second-order valence-electron chi connectivity index (χ2n) is 4.92. The van der Waals surface area contributed by atoms with Crippen molar-refractivity contribution >= 4 is 23.0 Å². The smallest absolute Gasteiger partial charge is 0.270 e. The molecule has 2 aromatic rings. The Balaban J connectivity index is 1.80. The number of nitrogens with zero attached hydrogens (tertiary/aromatic N) is 1. The zero-order chi connectivity index (χ0) is 16.7. The van der Waals surface area contributed by atoms with Crippen LogP contribution < -0.4 is 10.6 Å². The van der Waals surface area contributed by atoms with Crippen LogP contribution in [0.4, 0.5) is 5.69 Å². The fourth-order valence-corrected chi connectivity index (χ4v) is 2.20. The number of nitrogens with one attached hydrogen (secondary N) is 2. The molecule has 0 aliphatic rings. The van der Waals surface area contributed by atoms with Gasteiger partial charge in [-0.05, 0) is 30.3 Å². The van der Waals surface area contributed by atoms with E-state index in [1.165, 1.54) is 23.8 Å². The van der Waals surface area contributed by atoms with Crippen LogP contribution in [0.1, 0.15) is 11.1 Å². The molecule has 120 valence electrons. The number of non-ortho nitro benzene ring substituents is 1. The molecule has 0 aliphatic heterocycles. The molecule has 23 heavy (non-hydrogen) atoms. The van der Waals surface area contributed by atoms with E-state index in [2.05, 4.69) is 10.6 Å². The van der Waals surface area contributed by atoms with Gasteiger partial charge < -0.3 is 15.7 Å². The monoisotopic (exact) mass is 331 g/mol. The quantitative estimate of drug-likeness (QED) is 0.428. The number of benzene rings is 2. The van der Waals surface area contributed by atoms with Gasteiger partial charge in [0, 0.05) is 30.8 Å². The van der Waals surface area contributed by atoms with E-state index in [0.717, 1.165) is 6.42 Å². The number of aromatic hydroxyl groups is 1. The Bertz CT molecular complexity index is 692. The molecule has 0 aromatic heterocycles. The zero-order valence-electron chi connectivity index (χ0n) is 12.4. The molecule has 0 amide bonds. The van der Waals surface area contributed by atoms with Crippen molar-refractivity contribution in [1.29, 1.82) is 0 Å². The molecule has 0 heterocycles. The summed E-state index contributed by atoms with van der Waals surface area (Å²) in [6.45, 7) is 0.890. The standard InChI is InChI=1S/C16H17N3O3S/c20-15-7-6-14(19(21)22)10-13(15)11-18-16(23)17-9-8-12-4-2-1-3-5-12/h1-7,10,20H,8-9,11H2,(H2,17,18,23). The topological polar surface area (TPSA) is 87.4 Å². The highest BCUT2D eigenvalue weighted by Crippen LogP contribution is 2.22. The molecule has 0 bridgehead atoms. The molecule has 2 rings (SSSR count). The van der Waals surface area contributed by atoms with E-state index < -0.39 is 4.92 Å². The number of phenols is 1. The average Bonchev–Trinajstić information content (AvgIpc) is 2.55. The Labute approximate surface area is 139 Å². The van der Waals surface area contributed by atoms with Crippen LogP contribution >= 0.6 is 12.2 Å². The molecule has 0 saturated heterocycles. The van der Waals surface area contributed by atoms with Crippen LogP contribution in [-0.2, 0) is 13.0 Å². The minimum Gasteiger partial charge on any atom is -0.508 e. The van der Waals surface area contributed by atoms with E-state index in [9.17, 15) is 15.2 Å². The molecule has 0 saturated carbocycles. The Morgan fingerprint density at radius 3 is 2.61 bits per heavy atom. The van der Waals surface area contributed by atoms with Crippen LogP contribution in [0.5, 0.6) is 5.75 Å². The molecule has 0 aliphatic carbocycles. The number of nitro groups is 1. The van der Waals surface area contributed by atoms with E-state index in [1.54, 1.807) is 0 Å². The van der Waals surface area contributed by atoms with Gasteiger partial charge in [-0.2, -0.15) is 0 Å². The van der Waals surface area contributed by atoms with Crippen LogP contribution in [0.15, 0.2) is 48.5 Å². The van der Waals surface area contributed by atoms with Crippen LogP contribution in [0.25, 0.3) is 0 Å². The molecule has 0 unspecified atom stereocenters. The molecule has 0 spiro atoms. The Morgan fingerprint density at radius 2 is 1.91 bits per heavy atom. The van der Waals surface area contributed by atoms with Crippen LogP contribution in [0.3, 0.4) is 0 Å². The lowest BCUT2D eigenvalue weighted by molar-refractivity contribution is -0.384. The third-order valence-electron chi connectivity index (χ3n) is 3.26. The summed E-state index contributed by atoms with van der Waals surface area (Å²) < 4.78 is 0. The van der Waals surface area contributed by atoms with Crippen molar-refractivity contribution in [3.05, 3.63) is 69.8 Å². The van der Waals surface area contributed by atoms with E-state index in [-0.39, 0.29) is 18.0 Å². The second-order valence-corrected chi connectivity index (χ2v) is 5.32. The number of phenolic OH excluding ortho intramolecular Hbond substituents is 1. The Morgan fingerprint density at radius 1 is 1.17 bits per heavy atom. The molecule has 7 heteroatoms. The van der Waals surface area contributed by atoms with E-state index in [0.29, 0.717) is 17.2 Å². The summed E-state index contributed by atoms with van der Waals surface area (Å²) in [5.74, 6) is -0.00446. The molecule has 2 aromatic carbocycles. The van der Waals surface area contributed by atoms with Gasteiger partial charge in [0.05, 0.1) is 4.92 Å². The summed E-state index contributed by atoms with van der Waals surface area (Å²) >= 11 is 5.16. The highest BCUT2D eigenvalue weighted by Gasteiger charge is 2.10. The summed E-state index contributed by atoms with van der Waals surface area (Å²) in [5.41, 5.74) is 1.56. The van der Waals surface area contributed by atoms with Gasteiger partial charge in [0.2, 0.25) is 0 Å². The third-order valence-corrected chi connectivity index (χ3v) is 3.54. The zero-order valence-corrected chi connectivity index (χ0v) is 13.2. The first-order valence-electron chi connectivity index (χ1n) is 7.08. The number of nitro benzene ring substituents is 1. The molecule has 3 N–H and O–H groups in total. The molecule has 0 fully saturated rings. The maximum absolute atomic E-state index is 10.7. The lowest BCUT2D eigenvalue weighted by Gasteiger charge is -2.11. The highest BCUT2D eigenvalue weighted by atomic mass is 32.1. The average molecular weight is 331 g/mol. The van der Waals surface area contributed by atoms with Crippen molar-refractivity contribution in [3.63, 3.8) is 0 Å². The van der Waals surface area contributed by atoms with Gasteiger partial charge in [0.15, 0.2) is 5.11 Å². The molecule has 0 atom stereocenters. The summed E-state index contributed by atoms with van der Waals surface area (Å²) in [6.07, 6.45) is 0.838. The Kier molecular flexibility index (Phi) is 5.87. The van der Waals surface area contributed by atoms with Gasteiger partial charge in [0.1, 0.15) is 5.75 Å². The summed E-state index contributed by atoms with van der Waals surface area (Å²) in [7, 11) is 0. The lowest BCUT2D eigenvalue weighted by atomic mass is 10.1. The van der Waals surface area contributed by atoms with Crippen molar-refractivity contribution < 1.29 is 10.0 Å². The van der Waals surface area contributed by atoms with Crippen LogP contribution in [-0.4, -0.2) is 21.7 Å². The van der Waals surface area contributed by atoms with Crippen LogP contribution in [0, 0.1) is 10.1 Å². The highest BCUT2D eigenvalue weighted by molar-refractivity contribution is 7.80. The first kappa shape index (κ1) is 16.7. The normalized spacial score (nSPS) is 10.1. The van der Waals surface area contributed by atoms with Gasteiger partial charge in [-0.15, -0.1) is 0 Å². The minimum absolute atomic E-state index is 0.00446. The van der Waals surface area contributed by atoms with E-state index >= 15 is 0 Å². The SMILES string of the molecule is O=[N+]([O-])c1ccc(O)c(CNC(=S)NCCc2ccccc2)c1. The fraction of sp³-hybridized carbons (Fsp3) is 0.188. The van der Waals surface area contributed by atoms with Crippen molar-refractivity contribution in [3.8, 4) is 5.75 Å². The lowest BCUT2D eigenvalue weighted by Crippen LogP contribution is -2.35. The van der Waals surface area contributed by atoms with E-state index in [1.807, 2.05) is 30.3 Å². The maximum atomic E-state index is 10.7. The van der Waals surface area contributed by atoms with E-state index in [4.69, 9.17) is 12.2 Å². The molecular weight excluding hydrogens is 314 g/mol. The molecule has 6 nitrogen and oxygen atoms in total. The summed E-state index contributed by atoms with van der Waals surface area (Å²) in [4.78, 5) is 10.2. The van der Waals surface area contributed by atoms with Crippen molar-refractivity contribution in [2.24, 2.45) is 0 Å². The number of rotatable bonds is 6. The molecule has 0 radical (unpaired) electrons. The first-order chi connectivity index (χ1) is 11.1. The summed E-state index contributed by atoms with van der Waals surface area (Å²) in [6, 6.07) is 13.9. The summed E-state index contributed by atoms with van der Waals surface area (Å²) in [5, 5.41) is 26.9. The predicted octanol–water partition coefficient (Wildman–Crippen LogP) is 2.51. The van der Waals surface area contributed by atoms with Crippen molar-refractivity contribution in [2.45, 2.75) is 13.0 Å². The van der Waals surface area contributed by atoms with Gasteiger partial charge in [0.25, 0.3) is 5.69 Å².